The fourth-order valence-electron chi connectivity index (χ4n) is 3.88. The van der Waals surface area contributed by atoms with Crippen LogP contribution in [0.5, 0.6) is 5.75 Å². The summed E-state index contributed by atoms with van der Waals surface area (Å²) < 4.78 is 69.0. The minimum absolute atomic E-state index is 0.0212. The Kier molecular flexibility index (Phi) is 4.49. The van der Waals surface area contributed by atoms with Gasteiger partial charge in [0.15, 0.2) is 9.84 Å². The molecule has 0 saturated carbocycles. The van der Waals surface area contributed by atoms with Crippen LogP contribution in [-0.2, 0) is 16.0 Å². The van der Waals surface area contributed by atoms with Gasteiger partial charge in [-0.2, -0.15) is 13.2 Å². The third-order valence-corrected chi connectivity index (χ3v) is 6.87. The van der Waals surface area contributed by atoms with E-state index in [1.54, 1.807) is 24.3 Å². The SMILES string of the molecule is COc1ccc(N2C(=O)N(c3cccc(C(F)(F)F)c3)[C@H]3CS(=O)(=O)C[C@H]32)cc1. The van der Waals surface area contributed by atoms with E-state index in [0.717, 1.165) is 17.0 Å². The maximum absolute atomic E-state index is 13.2. The molecule has 2 saturated heterocycles. The molecule has 10 heteroatoms. The van der Waals surface area contributed by atoms with E-state index in [-0.39, 0.29) is 17.2 Å². The zero-order chi connectivity index (χ0) is 21.0. The maximum atomic E-state index is 13.2. The molecule has 2 fully saturated rings. The second-order valence-corrected chi connectivity index (χ2v) is 9.13. The third kappa shape index (κ3) is 3.41. The van der Waals surface area contributed by atoms with Gasteiger partial charge >= 0.3 is 12.2 Å². The van der Waals surface area contributed by atoms with E-state index in [1.165, 1.54) is 24.1 Å². The number of amides is 2. The molecule has 2 aliphatic heterocycles. The number of hydrogen-bond acceptors (Lipinski definition) is 4. The van der Waals surface area contributed by atoms with E-state index in [9.17, 15) is 26.4 Å². The lowest BCUT2D eigenvalue weighted by atomic mass is 10.1. The standard InChI is InChI=1S/C19H17F3N2O4S/c1-28-15-7-5-13(6-8-15)23-16-10-29(26,27)11-17(16)24(18(23)25)14-4-2-3-12(9-14)19(20,21)22/h2-9,16-17H,10-11H2,1H3/t16-,17+/m1/s1. The monoisotopic (exact) mass is 426 g/mol. The second kappa shape index (κ2) is 6.65. The number of carbonyl (C=O) groups is 1. The summed E-state index contributed by atoms with van der Waals surface area (Å²) in [6, 6.07) is 8.87. The smallest absolute Gasteiger partial charge is 0.416 e. The first-order chi connectivity index (χ1) is 13.6. The average Bonchev–Trinajstić information content (AvgIpc) is 3.09. The minimum atomic E-state index is -4.57. The van der Waals surface area contributed by atoms with E-state index >= 15 is 0 Å². The molecule has 0 N–H and O–H groups in total. The van der Waals surface area contributed by atoms with Crippen molar-refractivity contribution in [3.05, 3.63) is 54.1 Å². The second-order valence-electron chi connectivity index (χ2n) is 6.98. The van der Waals surface area contributed by atoms with Crippen molar-refractivity contribution in [1.82, 2.24) is 0 Å². The summed E-state index contributed by atoms with van der Waals surface area (Å²) in [5.74, 6) is 0.0164. The number of sulfone groups is 1. The molecule has 2 aromatic carbocycles. The van der Waals surface area contributed by atoms with Crippen LogP contribution in [0, 0.1) is 0 Å². The summed E-state index contributed by atoms with van der Waals surface area (Å²) >= 11 is 0. The zero-order valence-corrected chi connectivity index (χ0v) is 16.1. The van der Waals surface area contributed by atoms with Gasteiger partial charge in [-0.3, -0.25) is 9.80 Å². The Hall–Kier alpha value is -2.75. The lowest BCUT2D eigenvalue weighted by Crippen LogP contribution is -2.38. The largest absolute Gasteiger partial charge is 0.497 e. The quantitative estimate of drug-likeness (QED) is 0.707. The maximum Gasteiger partial charge on any atom is 0.416 e. The number of rotatable bonds is 3. The normalized spacial score (nSPS) is 23.4. The van der Waals surface area contributed by atoms with Crippen molar-refractivity contribution >= 4 is 27.2 Å². The molecule has 0 aromatic heterocycles. The van der Waals surface area contributed by atoms with Crippen molar-refractivity contribution in [2.75, 3.05) is 28.4 Å². The summed E-state index contributed by atoms with van der Waals surface area (Å²) in [4.78, 5) is 15.7. The predicted octanol–water partition coefficient (Wildman–Crippen LogP) is 3.33. The van der Waals surface area contributed by atoms with Crippen molar-refractivity contribution in [1.29, 1.82) is 0 Å². The number of nitrogens with zero attached hydrogens (tertiary/aromatic N) is 2. The predicted molar refractivity (Wildman–Crippen MR) is 101 cm³/mol. The van der Waals surface area contributed by atoms with Crippen molar-refractivity contribution in [2.24, 2.45) is 0 Å². The average molecular weight is 426 g/mol. The van der Waals surface area contributed by atoms with Crippen LogP contribution in [0.4, 0.5) is 29.3 Å². The van der Waals surface area contributed by atoms with Crippen molar-refractivity contribution < 1.29 is 31.1 Å². The van der Waals surface area contributed by atoms with Crippen molar-refractivity contribution in [3.8, 4) is 5.75 Å². The highest BCUT2D eigenvalue weighted by Crippen LogP contribution is 2.40. The Balaban J connectivity index is 1.78. The van der Waals surface area contributed by atoms with E-state index in [1.807, 2.05) is 0 Å². The Morgan fingerprint density at radius 2 is 1.55 bits per heavy atom. The Labute approximate surface area is 165 Å². The zero-order valence-electron chi connectivity index (χ0n) is 15.3. The van der Waals surface area contributed by atoms with Crippen LogP contribution in [0.1, 0.15) is 5.56 Å². The molecule has 2 heterocycles. The number of anilines is 2. The molecule has 0 bridgehead atoms. The first kappa shape index (κ1) is 19.6. The Morgan fingerprint density at radius 3 is 2.10 bits per heavy atom. The highest BCUT2D eigenvalue weighted by Gasteiger charge is 2.54. The van der Waals surface area contributed by atoms with Crippen LogP contribution in [0.25, 0.3) is 0 Å². The van der Waals surface area contributed by atoms with Gasteiger partial charge in [-0.1, -0.05) is 6.07 Å². The molecule has 6 nitrogen and oxygen atoms in total. The highest BCUT2D eigenvalue weighted by atomic mass is 32.2. The van der Waals surface area contributed by atoms with Gasteiger partial charge in [0, 0.05) is 11.4 Å². The topological polar surface area (TPSA) is 66.9 Å². The molecule has 2 amide bonds. The first-order valence-corrected chi connectivity index (χ1v) is 10.6. The van der Waals surface area contributed by atoms with Crippen LogP contribution in [-0.4, -0.2) is 45.1 Å². The summed E-state index contributed by atoms with van der Waals surface area (Å²) in [5.41, 5.74) is -0.423. The van der Waals surface area contributed by atoms with Gasteiger partial charge in [0.25, 0.3) is 0 Å². The number of hydrogen-bond donors (Lipinski definition) is 0. The van der Waals surface area contributed by atoms with E-state index in [0.29, 0.717) is 11.4 Å². The van der Waals surface area contributed by atoms with Crippen LogP contribution in [0.15, 0.2) is 48.5 Å². The summed E-state index contributed by atoms with van der Waals surface area (Å²) in [6.07, 6.45) is -4.57. The number of fused-ring (bicyclic) bond motifs is 1. The number of halogens is 3. The molecule has 154 valence electrons. The number of methoxy groups -OCH3 is 1. The van der Waals surface area contributed by atoms with Gasteiger partial charge in [0.05, 0.1) is 36.3 Å². The molecule has 2 atom stereocenters. The summed E-state index contributed by atoms with van der Waals surface area (Å²) in [5, 5.41) is 0. The number of urea groups is 1. The molecule has 4 rings (SSSR count). The molecule has 29 heavy (non-hydrogen) atoms. The number of carbonyl (C=O) groups excluding carboxylic acids is 1. The fourth-order valence-corrected chi connectivity index (χ4v) is 5.80. The Morgan fingerprint density at radius 1 is 0.966 bits per heavy atom. The van der Waals surface area contributed by atoms with Gasteiger partial charge in [-0.05, 0) is 42.5 Å². The third-order valence-electron chi connectivity index (χ3n) is 5.17. The van der Waals surface area contributed by atoms with Crippen molar-refractivity contribution in [2.45, 2.75) is 18.3 Å². The molecule has 0 aliphatic carbocycles. The van der Waals surface area contributed by atoms with E-state index < -0.39 is 39.7 Å². The summed E-state index contributed by atoms with van der Waals surface area (Å²) in [7, 11) is -1.95. The van der Waals surface area contributed by atoms with E-state index in [4.69, 9.17) is 4.74 Å². The molecular weight excluding hydrogens is 409 g/mol. The molecule has 0 radical (unpaired) electrons. The summed E-state index contributed by atoms with van der Waals surface area (Å²) in [6.45, 7) is 0. The lowest BCUT2D eigenvalue weighted by molar-refractivity contribution is -0.137. The van der Waals surface area contributed by atoms with Crippen LogP contribution in [0.2, 0.25) is 0 Å². The molecule has 2 aromatic rings. The van der Waals surface area contributed by atoms with Gasteiger partial charge in [-0.15, -0.1) is 0 Å². The fraction of sp³-hybridized carbons (Fsp3) is 0.316. The molecule has 2 aliphatic rings. The van der Waals surface area contributed by atoms with Gasteiger partial charge < -0.3 is 4.74 Å². The van der Waals surface area contributed by atoms with Gasteiger partial charge in [0.2, 0.25) is 0 Å². The number of ether oxygens (including phenoxy) is 1. The van der Waals surface area contributed by atoms with Crippen LogP contribution in [0.3, 0.4) is 0 Å². The first-order valence-electron chi connectivity index (χ1n) is 8.75. The highest BCUT2D eigenvalue weighted by molar-refractivity contribution is 7.91. The van der Waals surface area contributed by atoms with Crippen LogP contribution < -0.4 is 14.5 Å². The molecule has 0 unspecified atom stereocenters. The van der Waals surface area contributed by atoms with Crippen molar-refractivity contribution in [3.63, 3.8) is 0 Å². The number of benzene rings is 2. The van der Waals surface area contributed by atoms with Gasteiger partial charge in [-0.25, -0.2) is 13.2 Å². The molecule has 0 spiro atoms. The van der Waals surface area contributed by atoms with Crippen LogP contribution >= 0.6 is 0 Å². The Bertz CT molecular complexity index is 1050. The molecular formula is C19H17F3N2O4S. The minimum Gasteiger partial charge on any atom is -0.497 e. The lowest BCUT2D eigenvalue weighted by Gasteiger charge is -2.23. The van der Waals surface area contributed by atoms with E-state index in [2.05, 4.69) is 0 Å². The van der Waals surface area contributed by atoms with Gasteiger partial charge in [0.1, 0.15) is 5.75 Å². The number of alkyl halides is 3.